The van der Waals surface area contributed by atoms with Crippen LogP contribution in [0, 0.1) is 10.1 Å². The molecule has 0 unspecified atom stereocenters. The molecule has 0 heterocycles. The maximum atomic E-state index is 13.1. The molecule has 1 amide bonds. The molecule has 0 aromatic heterocycles. The van der Waals surface area contributed by atoms with Gasteiger partial charge in [-0.15, -0.1) is 0 Å². The van der Waals surface area contributed by atoms with E-state index in [0.717, 1.165) is 16.7 Å². The Morgan fingerprint density at radius 1 is 0.865 bits per heavy atom. The van der Waals surface area contributed by atoms with E-state index in [9.17, 15) is 24.8 Å². The average molecular weight is 497 g/mol. The van der Waals surface area contributed by atoms with E-state index in [1.165, 1.54) is 37.4 Å². The second kappa shape index (κ2) is 11.2. The fourth-order valence-corrected chi connectivity index (χ4v) is 3.97. The van der Waals surface area contributed by atoms with Crippen molar-refractivity contribution in [1.29, 1.82) is 0 Å². The lowest BCUT2D eigenvalue weighted by molar-refractivity contribution is -0.384. The van der Waals surface area contributed by atoms with Gasteiger partial charge in [-0.1, -0.05) is 72.8 Å². The van der Waals surface area contributed by atoms with Crippen LogP contribution in [-0.2, 0) is 16.0 Å². The van der Waals surface area contributed by atoms with E-state index < -0.39 is 22.8 Å². The van der Waals surface area contributed by atoms with Crippen LogP contribution in [0.1, 0.15) is 15.9 Å². The molecule has 0 fully saturated rings. The van der Waals surface area contributed by atoms with Crippen molar-refractivity contribution in [2.45, 2.75) is 12.5 Å². The summed E-state index contributed by atoms with van der Waals surface area (Å²) in [7, 11) is 1.24. The molecule has 0 spiro atoms. The SMILES string of the molecule is COC(=O)[C@H](Cc1ccc(-c2ccccc2)cc1)NC(=O)c1cc(-c2cccc([N+](=O)[O-])c2)ccc1O. The third-order valence-electron chi connectivity index (χ3n) is 5.92. The molecular formula is C29H24N2O6. The molecule has 0 saturated carbocycles. The first-order valence-electron chi connectivity index (χ1n) is 11.5. The van der Waals surface area contributed by atoms with Crippen LogP contribution in [0.5, 0.6) is 5.75 Å². The van der Waals surface area contributed by atoms with Crippen LogP contribution in [0.25, 0.3) is 22.3 Å². The van der Waals surface area contributed by atoms with Crippen LogP contribution < -0.4 is 5.32 Å². The zero-order chi connectivity index (χ0) is 26.4. The number of methoxy groups -OCH3 is 1. The van der Waals surface area contributed by atoms with Gasteiger partial charge in [-0.3, -0.25) is 14.9 Å². The zero-order valence-electron chi connectivity index (χ0n) is 20.0. The van der Waals surface area contributed by atoms with Gasteiger partial charge in [0.15, 0.2) is 0 Å². The van der Waals surface area contributed by atoms with Crippen LogP contribution in [-0.4, -0.2) is 35.1 Å². The number of aromatic hydroxyl groups is 1. The normalized spacial score (nSPS) is 11.4. The predicted molar refractivity (Wildman–Crippen MR) is 139 cm³/mol. The van der Waals surface area contributed by atoms with E-state index in [2.05, 4.69) is 5.32 Å². The van der Waals surface area contributed by atoms with Crippen molar-refractivity contribution in [2.75, 3.05) is 7.11 Å². The van der Waals surface area contributed by atoms with Gasteiger partial charge in [0.05, 0.1) is 17.6 Å². The van der Waals surface area contributed by atoms with E-state index in [-0.39, 0.29) is 23.4 Å². The highest BCUT2D eigenvalue weighted by molar-refractivity contribution is 6.00. The van der Waals surface area contributed by atoms with Gasteiger partial charge in [0, 0.05) is 18.6 Å². The molecule has 0 radical (unpaired) electrons. The Kier molecular flexibility index (Phi) is 7.59. The molecule has 0 bridgehead atoms. The van der Waals surface area contributed by atoms with E-state index >= 15 is 0 Å². The summed E-state index contributed by atoms with van der Waals surface area (Å²) in [6.07, 6.45) is 0.179. The molecule has 4 aromatic carbocycles. The minimum absolute atomic E-state index is 0.0719. The summed E-state index contributed by atoms with van der Waals surface area (Å²) >= 11 is 0. The Morgan fingerprint density at radius 2 is 1.49 bits per heavy atom. The molecule has 1 atom stereocenters. The molecule has 0 aliphatic heterocycles. The third kappa shape index (κ3) is 5.99. The smallest absolute Gasteiger partial charge is 0.328 e. The fraction of sp³-hybridized carbons (Fsp3) is 0.103. The second-order valence-electron chi connectivity index (χ2n) is 8.36. The number of carbonyl (C=O) groups excluding carboxylic acids is 2. The fourth-order valence-electron chi connectivity index (χ4n) is 3.97. The highest BCUT2D eigenvalue weighted by atomic mass is 16.6. The van der Waals surface area contributed by atoms with Crippen LogP contribution in [0.2, 0.25) is 0 Å². The number of nitro groups is 1. The monoisotopic (exact) mass is 496 g/mol. The number of phenols is 1. The van der Waals surface area contributed by atoms with Crippen LogP contribution in [0.3, 0.4) is 0 Å². The molecule has 186 valence electrons. The van der Waals surface area contributed by atoms with Gasteiger partial charge in [0.2, 0.25) is 0 Å². The lowest BCUT2D eigenvalue weighted by Gasteiger charge is -2.18. The van der Waals surface area contributed by atoms with Crippen LogP contribution in [0.4, 0.5) is 5.69 Å². The van der Waals surface area contributed by atoms with Gasteiger partial charge >= 0.3 is 5.97 Å². The van der Waals surface area contributed by atoms with Crippen molar-refractivity contribution >= 4 is 17.6 Å². The Balaban J connectivity index is 1.55. The van der Waals surface area contributed by atoms with E-state index in [4.69, 9.17) is 4.74 Å². The van der Waals surface area contributed by atoms with Crippen molar-refractivity contribution in [3.8, 4) is 28.0 Å². The van der Waals surface area contributed by atoms with Gasteiger partial charge < -0.3 is 15.2 Å². The maximum absolute atomic E-state index is 13.1. The number of amides is 1. The number of benzene rings is 4. The summed E-state index contributed by atoms with van der Waals surface area (Å²) in [4.78, 5) is 36.2. The van der Waals surface area contributed by atoms with Gasteiger partial charge in [-0.05, 0) is 39.9 Å². The standard InChI is InChI=1S/C29H24N2O6/c1-37-29(34)26(16-19-10-12-21(13-11-19)20-6-3-2-4-7-20)30-28(33)25-18-23(14-15-27(25)32)22-8-5-9-24(17-22)31(35)36/h2-15,17-18,26,32H,16H2,1H3,(H,30,33)/t26-/m0/s1. The Labute approximate surface area is 213 Å². The van der Waals surface area contributed by atoms with Crippen molar-refractivity contribution in [3.05, 3.63) is 118 Å². The number of nitrogens with zero attached hydrogens (tertiary/aromatic N) is 1. The van der Waals surface area contributed by atoms with E-state index in [1.54, 1.807) is 12.1 Å². The maximum Gasteiger partial charge on any atom is 0.328 e. The summed E-state index contributed by atoms with van der Waals surface area (Å²) in [5.41, 5.74) is 3.73. The molecular weight excluding hydrogens is 472 g/mol. The Morgan fingerprint density at radius 3 is 2.16 bits per heavy atom. The number of non-ortho nitro benzene ring substituents is 1. The molecule has 4 aromatic rings. The first-order valence-corrected chi connectivity index (χ1v) is 11.5. The number of rotatable bonds is 8. The van der Waals surface area contributed by atoms with Crippen molar-refractivity contribution in [3.63, 3.8) is 0 Å². The van der Waals surface area contributed by atoms with Gasteiger partial charge in [-0.2, -0.15) is 0 Å². The van der Waals surface area contributed by atoms with Crippen molar-refractivity contribution < 1.29 is 24.4 Å². The minimum Gasteiger partial charge on any atom is -0.507 e. The highest BCUT2D eigenvalue weighted by Gasteiger charge is 2.24. The lowest BCUT2D eigenvalue weighted by atomic mass is 9.99. The van der Waals surface area contributed by atoms with Gasteiger partial charge in [-0.25, -0.2) is 4.79 Å². The Hall–Kier alpha value is -4.98. The summed E-state index contributed by atoms with van der Waals surface area (Å²) in [5.74, 6) is -1.60. The van der Waals surface area contributed by atoms with E-state index in [0.29, 0.717) is 11.1 Å². The van der Waals surface area contributed by atoms with Gasteiger partial charge in [0.1, 0.15) is 11.8 Å². The molecule has 8 nitrogen and oxygen atoms in total. The topological polar surface area (TPSA) is 119 Å². The number of nitrogens with one attached hydrogen (secondary N) is 1. The lowest BCUT2D eigenvalue weighted by Crippen LogP contribution is -2.43. The molecule has 0 saturated heterocycles. The molecule has 37 heavy (non-hydrogen) atoms. The molecule has 4 rings (SSSR count). The van der Waals surface area contributed by atoms with E-state index in [1.807, 2.05) is 54.6 Å². The number of ether oxygens (including phenoxy) is 1. The Bertz CT molecular complexity index is 1430. The van der Waals surface area contributed by atoms with Crippen molar-refractivity contribution in [2.24, 2.45) is 0 Å². The minimum atomic E-state index is -0.999. The van der Waals surface area contributed by atoms with Crippen LogP contribution >= 0.6 is 0 Å². The van der Waals surface area contributed by atoms with Gasteiger partial charge in [0.25, 0.3) is 11.6 Å². The van der Waals surface area contributed by atoms with Crippen LogP contribution in [0.15, 0.2) is 97.1 Å². The van der Waals surface area contributed by atoms with Crippen molar-refractivity contribution in [1.82, 2.24) is 5.32 Å². The molecule has 8 heteroatoms. The zero-order valence-corrected chi connectivity index (χ0v) is 20.0. The number of nitro benzene ring substituents is 1. The summed E-state index contributed by atoms with van der Waals surface area (Å²) in [6.45, 7) is 0. The molecule has 2 N–H and O–H groups in total. The summed E-state index contributed by atoms with van der Waals surface area (Å²) < 4.78 is 4.89. The number of carbonyl (C=O) groups is 2. The third-order valence-corrected chi connectivity index (χ3v) is 5.92. The number of hydrogen-bond donors (Lipinski definition) is 2. The highest BCUT2D eigenvalue weighted by Crippen LogP contribution is 2.28. The average Bonchev–Trinajstić information content (AvgIpc) is 2.93. The first kappa shape index (κ1) is 25.1. The predicted octanol–water partition coefficient (Wildman–Crippen LogP) is 5.15. The molecule has 0 aliphatic rings. The summed E-state index contributed by atoms with van der Waals surface area (Å²) in [5, 5.41) is 24.1. The summed E-state index contributed by atoms with van der Waals surface area (Å²) in [6, 6.07) is 26.7. The quantitative estimate of drug-likeness (QED) is 0.198. The number of esters is 1. The number of hydrogen-bond acceptors (Lipinski definition) is 6. The first-order chi connectivity index (χ1) is 17.9. The second-order valence-corrected chi connectivity index (χ2v) is 8.36. The molecule has 0 aliphatic carbocycles. The largest absolute Gasteiger partial charge is 0.507 e. The number of phenolic OH excluding ortho intramolecular Hbond substituents is 1.